The molecule has 34 heavy (non-hydrogen) atoms. The van der Waals surface area contributed by atoms with Gasteiger partial charge in [0.1, 0.15) is 11.6 Å². The van der Waals surface area contributed by atoms with Crippen LogP contribution in [-0.4, -0.2) is 48.6 Å². The molecule has 0 saturated heterocycles. The van der Waals surface area contributed by atoms with Gasteiger partial charge in [0.15, 0.2) is 0 Å². The number of aliphatic carboxylic acids is 1. The van der Waals surface area contributed by atoms with Crippen molar-refractivity contribution in [2.75, 3.05) is 0 Å². The van der Waals surface area contributed by atoms with E-state index in [9.17, 15) is 28.9 Å². The summed E-state index contributed by atoms with van der Waals surface area (Å²) in [5, 5.41) is 42.8. The Morgan fingerprint density at radius 3 is 2.03 bits per heavy atom. The van der Waals surface area contributed by atoms with Crippen molar-refractivity contribution in [1.29, 1.82) is 0 Å². The van der Waals surface area contributed by atoms with Crippen LogP contribution in [0.25, 0.3) is 11.1 Å². The molecule has 3 rings (SSSR count). The minimum absolute atomic E-state index is 0. The van der Waals surface area contributed by atoms with Crippen molar-refractivity contribution in [3.63, 3.8) is 0 Å². The second-order valence-corrected chi connectivity index (χ2v) is 7.30. The van der Waals surface area contributed by atoms with Gasteiger partial charge in [-0.2, -0.15) is 4.80 Å². The summed E-state index contributed by atoms with van der Waals surface area (Å²) in [6.07, 6.45) is -0.518. The van der Waals surface area contributed by atoms with Crippen LogP contribution >= 0.6 is 0 Å². The number of carboxylic acids is 1. The van der Waals surface area contributed by atoms with Crippen LogP contribution < -0.4 is 34.7 Å². The SMILES string of the molecule is Cn1nnc(C(/C=C/[C@@H](O)C[C@@H](O)CC(=O)[O-])=C(c2ccc(F)cc2)c2ccc(F)cc2)n1.[Na+]. The maximum absolute atomic E-state index is 13.6. The molecule has 0 aliphatic carbocycles. The van der Waals surface area contributed by atoms with Gasteiger partial charge in [-0.25, -0.2) is 8.78 Å². The first kappa shape index (κ1) is 27.5. The smallest absolute Gasteiger partial charge is 0.550 e. The Balaban J connectivity index is 0.00000408. The van der Waals surface area contributed by atoms with Gasteiger partial charge in [-0.05, 0) is 40.6 Å². The Kier molecular flexibility index (Phi) is 10.2. The van der Waals surface area contributed by atoms with E-state index in [2.05, 4.69) is 15.4 Å². The van der Waals surface area contributed by atoms with E-state index in [1.165, 1.54) is 65.5 Å². The van der Waals surface area contributed by atoms with Gasteiger partial charge in [0.2, 0.25) is 5.82 Å². The summed E-state index contributed by atoms with van der Waals surface area (Å²) in [7, 11) is 1.57. The largest absolute Gasteiger partial charge is 1.00 e. The molecule has 0 bridgehead atoms. The summed E-state index contributed by atoms with van der Waals surface area (Å²) in [6.45, 7) is 0. The van der Waals surface area contributed by atoms with Gasteiger partial charge in [0, 0.05) is 30.0 Å². The average molecular weight is 478 g/mol. The van der Waals surface area contributed by atoms with Crippen LogP contribution in [0.15, 0.2) is 60.7 Å². The molecule has 2 atom stereocenters. The number of benzene rings is 2. The fourth-order valence-corrected chi connectivity index (χ4v) is 3.21. The molecule has 0 radical (unpaired) electrons. The molecule has 1 aromatic heterocycles. The standard InChI is InChI=1S/C23H22F2N4O4.Na/c1-29-27-23(26-28-29)20(11-10-18(30)12-19(31)13-21(32)33)22(14-2-6-16(24)7-3-14)15-4-8-17(25)9-5-15;/h2-11,18-19,30-31H,12-13H2,1H3,(H,32,33);/q;+1/p-1/b11-10+;/t18-,19-;/m1./s1. The third-order valence-corrected chi connectivity index (χ3v) is 4.69. The Bertz CT molecular complexity index is 1120. The van der Waals surface area contributed by atoms with Gasteiger partial charge in [-0.15, -0.1) is 10.2 Å². The number of aromatic nitrogens is 4. The quantitative estimate of drug-likeness (QED) is 0.276. The second kappa shape index (κ2) is 12.6. The van der Waals surface area contributed by atoms with Crippen LogP contribution in [0.5, 0.6) is 0 Å². The normalized spacial score (nSPS) is 12.7. The van der Waals surface area contributed by atoms with Crippen LogP contribution in [0.4, 0.5) is 8.78 Å². The summed E-state index contributed by atoms with van der Waals surface area (Å²) >= 11 is 0. The van der Waals surface area contributed by atoms with E-state index in [1.54, 1.807) is 7.05 Å². The maximum atomic E-state index is 13.6. The van der Waals surface area contributed by atoms with Crippen molar-refractivity contribution in [1.82, 2.24) is 20.2 Å². The molecule has 0 unspecified atom stereocenters. The van der Waals surface area contributed by atoms with E-state index in [4.69, 9.17) is 0 Å². The molecule has 11 heteroatoms. The fourth-order valence-electron chi connectivity index (χ4n) is 3.21. The molecule has 172 valence electrons. The van der Waals surface area contributed by atoms with Crippen molar-refractivity contribution in [3.8, 4) is 0 Å². The zero-order chi connectivity index (χ0) is 24.0. The molecule has 0 spiro atoms. The zero-order valence-electron chi connectivity index (χ0n) is 18.6. The van der Waals surface area contributed by atoms with Crippen LogP contribution in [0.3, 0.4) is 0 Å². The van der Waals surface area contributed by atoms with E-state index in [-0.39, 0.29) is 41.8 Å². The minimum atomic E-state index is -1.43. The third-order valence-electron chi connectivity index (χ3n) is 4.69. The van der Waals surface area contributed by atoms with Crippen LogP contribution in [0, 0.1) is 11.6 Å². The molecule has 0 saturated carbocycles. The predicted molar refractivity (Wildman–Crippen MR) is 113 cm³/mol. The first-order chi connectivity index (χ1) is 15.7. The number of halogens is 2. The maximum Gasteiger partial charge on any atom is 1.00 e. The average Bonchev–Trinajstić information content (AvgIpc) is 3.18. The van der Waals surface area contributed by atoms with Crippen molar-refractivity contribution >= 4 is 17.1 Å². The van der Waals surface area contributed by atoms with Crippen molar-refractivity contribution in [2.45, 2.75) is 25.0 Å². The number of carbonyl (C=O) groups is 1. The van der Waals surface area contributed by atoms with E-state index >= 15 is 0 Å². The Morgan fingerprint density at radius 1 is 1.06 bits per heavy atom. The molecule has 0 aliphatic rings. The summed E-state index contributed by atoms with van der Waals surface area (Å²) in [5.41, 5.74) is 2.04. The number of hydrogen-bond acceptors (Lipinski definition) is 7. The molecule has 8 nitrogen and oxygen atoms in total. The Labute approximate surface area is 216 Å². The van der Waals surface area contributed by atoms with E-state index in [1.807, 2.05) is 0 Å². The molecule has 3 aromatic rings. The summed E-state index contributed by atoms with van der Waals surface area (Å²) in [4.78, 5) is 11.9. The van der Waals surface area contributed by atoms with E-state index in [0.717, 1.165) is 0 Å². The predicted octanol–water partition coefficient (Wildman–Crippen LogP) is -1.74. The molecular weight excluding hydrogens is 457 g/mol. The number of hydrogen-bond donors (Lipinski definition) is 2. The number of aliphatic hydroxyl groups excluding tert-OH is 2. The summed E-state index contributed by atoms with van der Waals surface area (Å²) in [5.74, 6) is -2.13. The topological polar surface area (TPSA) is 124 Å². The van der Waals surface area contributed by atoms with Gasteiger partial charge < -0.3 is 20.1 Å². The number of rotatable bonds is 9. The molecular formula is C23H21F2N4NaO4. The molecule has 0 aliphatic heterocycles. The first-order valence-corrected chi connectivity index (χ1v) is 9.97. The molecule has 1 heterocycles. The van der Waals surface area contributed by atoms with E-state index in [0.29, 0.717) is 22.3 Å². The van der Waals surface area contributed by atoms with Crippen molar-refractivity contribution in [2.24, 2.45) is 7.05 Å². The van der Waals surface area contributed by atoms with Crippen LogP contribution in [-0.2, 0) is 11.8 Å². The van der Waals surface area contributed by atoms with Crippen molar-refractivity contribution < 1.29 is 58.5 Å². The van der Waals surface area contributed by atoms with Gasteiger partial charge in [-0.3, -0.25) is 0 Å². The first-order valence-electron chi connectivity index (χ1n) is 9.97. The van der Waals surface area contributed by atoms with Crippen LogP contribution in [0.1, 0.15) is 29.8 Å². The second-order valence-electron chi connectivity index (χ2n) is 7.30. The number of carboxylic acid groups (broad SMARTS) is 1. The fraction of sp³-hybridized carbons (Fsp3) is 0.217. The summed E-state index contributed by atoms with van der Waals surface area (Å²) in [6, 6.07) is 11.3. The molecule has 2 N–H and O–H groups in total. The van der Waals surface area contributed by atoms with E-state index < -0.39 is 36.2 Å². The number of nitrogens with zero attached hydrogens (tertiary/aromatic N) is 4. The minimum Gasteiger partial charge on any atom is -0.550 e. The van der Waals surface area contributed by atoms with Gasteiger partial charge >= 0.3 is 29.6 Å². The third kappa shape index (κ3) is 7.64. The number of aliphatic hydroxyl groups is 2. The zero-order valence-corrected chi connectivity index (χ0v) is 20.6. The summed E-state index contributed by atoms with van der Waals surface area (Å²) < 4.78 is 27.2. The van der Waals surface area contributed by atoms with Gasteiger partial charge in [0.05, 0.1) is 19.3 Å². The monoisotopic (exact) mass is 478 g/mol. The molecule has 0 amide bonds. The van der Waals surface area contributed by atoms with Crippen LogP contribution in [0.2, 0.25) is 0 Å². The Hall–Kier alpha value is -2.76. The van der Waals surface area contributed by atoms with Gasteiger partial charge in [0.25, 0.3) is 0 Å². The number of tetrazole rings is 1. The molecule has 2 aromatic carbocycles. The number of allylic oxidation sites excluding steroid dienone is 2. The molecule has 0 fully saturated rings. The van der Waals surface area contributed by atoms with Gasteiger partial charge in [-0.1, -0.05) is 36.4 Å². The number of carbonyl (C=O) groups excluding carboxylic acids is 1. The Morgan fingerprint density at radius 2 is 1.59 bits per heavy atom. The number of aryl methyl sites for hydroxylation is 1. The van der Waals surface area contributed by atoms with Crippen molar-refractivity contribution in [3.05, 3.63) is 89.3 Å².